The van der Waals surface area contributed by atoms with Crippen LogP contribution in [0.25, 0.3) is 5.70 Å². The molecule has 0 unspecified atom stereocenters. The van der Waals surface area contributed by atoms with E-state index >= 15 is 0 Å². The first-order valence-electron chi connectivity index (χ1n) is 7.27. The van der Waals surface area contributed by atoms with E-state index in [1.165, 1.54) is 17.8 Å². The average Bonchev–Trinajstić information content (AvgIpc) is 2.58. The Balaban J connectivity index is 2.09. The maximum Gasteiger partial charge on any atom is 0.213 e. The molecule has 0 saturated carbocycles. The maximum atomic E-state index is 13.3. The first kappa shape index (κ1) is 17.9. The van der Waals surface area contributed by atoms with Crippen LogP contribution >= 0.6 is 23.2 Å². The summed E-state index contributed by atoms with van der Waals surface area (Å²) in [7, 11) is 0. The summed E-state index contributed by atoms with van der Waals surface area (Å²) in [4.78, 5) is 8.01. The summed E-state index contributed by atoms with van der Waals surface area (Å²) in [6.07, 6.45) is 4.81. The van der Waals surface area contributed by atoms with Crippen molar-refractivity contribution in [2.24, 2.45) is 10.9 Å². The molecule has 1 aromatic rings. The Labute approximate surface area is 145 Å². The van der Waals surface area contributed by atoms with Gasteiger partial charge in [-0.2, -0.15) is 4.39 Å². The van der Waals surface area contributed by atoms with Gasteiger partial charge in [0.2, 0.25) is 5.95 Å². The molecule has 7 heteroatoms. The van der Waals surface area contributed by atoms with Gasteiger partial charge in [0, 0.05) is 43.1 Å². The summed E-state index contributed by atoms with van der Waals surface area (Å²) in [5.74, 6) is 0.407. The molecule has 1 saturated heterocycles. The summed E-state index contributed by atoms with van der Waals surface area (Å²) in [5, 5.41) is 3.32. The number of halogens is 3. The van der Waals surface area contributed by atoms with Crippen LogP contribution in [0.15, 0.2) is 35.4 Å². The molecule has 0 amide bonds. The highest BCUT2D eigenvalue weighted by atomic mass is 35.5. The lowest BCUT2D eigenvalue weighted by Gasteiger charge is -2.20. The molecule has 0 radical (unpaired) electrons. The lowest BCUT2D eigenvalue weighted by atomic mass is 10.0. The molecule has 0 spiro atoms. The Morgan fingerprint density at radius 2 is 2.26 bits per heavy atom. The summed E-state index contributed by atoms with van der Waals surface area (Å²) in [5.41, 5.74) is 2.13. The molecule has 1 aliphatic heterocycles. The molecular weight excluding hydrogens is 340 g/mol. The molecule has 23 heavy (non-hydrogen) atoms. The van der Waals surface area contributed by atoms with Crippen molar-refractivity contribution < 1.29 is 9.13 Å². The standard InChI is InChI=1S/C16H18Cl2FN3O/c1-2-16(21-9-11-3-5-23-6-4-11)22-14(8-17)12-7-15(19)20-10-13(12)18/h2,7-8,10-11H,1,3-6,9H2,(H,21,22)/b14-8+. The van der Waals surface area contributed by atoms with Crippen LogP contribution in [-0.4, -0.2) is 30.6 Å². The van der Waals surface area contributed by atoms with E-state index in [-0.39, 0.29) is 0 Å². The van der Waals surface area contributed by atoms with Gasteiger partial charge in [0.1, 0.15) is 5.84 Å². The van der Waals surface area contributed by atoms with E-state index < -0.39 is 5.95 Å². The fourth-order valence-electron chi connectivity index (χ4n) is 2.22. The zero-order valence-corrected chi connectivity index (χ0v) is 14.1. The van der Waals surface area contributed by atoms with E-state index in [0.717, 1.165) is 26.1 Å². The number of pyridine rings is 1. The van der Waals surface area contributed by atoms with Crippen LogP contribution in [-0.2, 0) is 4.74 Å². The third-order valence-electron chi connectivity index (χ3n) is 3.54. The van der Waals surface area contributed by atoms with Gasteiger partial charge in [0.15, 0.2) is 0 Å². The van der Waals surface area contributed by atoms with Crippen molar-refractivity contribution in [1.82, 2.24) is 10.3 Å². The molecule has 1 N–H and O–H groups in total. The van der Waals surface area contributed by atoms with E-state index in [0.29, 0.717) is 34.6 Å². The van der Waals surface area contributed by atoms with Gasteiger partial charge in [-0.25, -0.2) is 4.98 Å². The molecule has 2 heterocycles. The van der Waals surface area contributed by atoms with Crippen molar-refractivity contribution in [3.8, 4) is 0 Å². The number of amidine groups is 1. The molecule has 2 rings (SSSR count). The number of nitrogens with one attached hydrogen (secondary N) is 1. The van der Waals surface area contributed by atoms with Gasteiger partial charge >= 0.3 is 0 Å². The maximum absolute atomic E-state index is 13.3. The number of aromatic nitrogens is 1. The summed E-state index contributed by atoms with van der Waals surface area (Å²) < 4.78 is 18.7. The van der Waals surface area contributed by atoms with Crippen LogP contribution in [0.2, 0.25) is 5.02 Å². The molecule has 0 aromatic carbocycles. The molecule has 1 fully saturated rings. The zero-order chi connectivity index (χ0) is 16.7. The van der Waals surface area contributed by atoms with E-state index in [9.17, 15) is 4.39 Å². The second-order valence-corrected chi connectivity index (χ2v) is 5.75. The Morgan fingerprint density at radius 3 is 2.91 bits per heavy atom. The second kappa shape index (κ2) is 9.01. The lowest BCUT2D eigenvalue weighted by molar-refractivity contribution is 0.0689. The Morgan fingerprint density at radius 1 is 1.52 bits per heavy atom. The largest absolute Gasteiger partial charge is 0.381 e. The molecular formula is C16H18Cl2FN3O. The van der Waals surface area contributed by atoms with Crippen molar-refractivity contribution >= 4 is 34.7 Å². The SMILES string of the molecule is C=CC(=NCC1CCOCC1)N/C(=C/Cl)c1cc(F)ncc1Cl. The van der Waals surface area contributed by atoms with Crippen molar-refractivity contribution in [2.75, 3.05) is 19.8 Å². The van der Waals surface area contributed by atoms with Crippen LogP contribution in [0, 0.1) is 11.9 Å². The van der Waals surface area contributed by atoms with Gasteiger partial charge in [-0.15, -0.1) is 0 Å². The van der Waals surface area contributed by atoms with Crippen LogP contribution < -0.4 is 5.32 Å². The highest BCUT2D eigenvalue weighted by Gasteiger charge is 2.14. The second-order valence-electron chi connectivity index (χ2n) is 5.12. The number of nitrogens with zero attached hydrogens (tertiary/aromatic N) is 2. The Bertz CT molecular complexity index is 613. The predicted octanol–water partition coefficient (Wildman–Crippen LogP) is 4.01. The Hall–Kier alpha value is -1.43. The number of hydrogen-bond donors (Lipinski definition) is 1. The van der Waals surface area contributed by atoms with Crippen molar-refractivity contribution in [1.29, 1.82) is 0 Å². The van der Waals surface area contributed by atoms with E-state index in [1.54, 1.807) is 6.08 Å². The average molecular weight is 358 g/mol. The van der Waals surface area contributed by atoms with Crippen LogP contribution in [0.4, 0.5) is 4.39 Å². The summed E-state index contributed by atoms with van der Waals surface area (Å²) >= 11 is 11.9. The Kier molecular flexibility index (Phi) is 7.02. The molecule has 0 aliphatic carbocycles. The third kappa shape index (κ3) is 5.30. The highest BCUT2D eigenvalue weighted by molar-refractivity contribution is 6.33. The summed E-state index contributed by atoms with van der Waals surface area (Å²) in [6.45, 7) is 5.96. The van der Waals surface area contributed by atoms with Gasteiger partial charge in [0.25, 0.3) is 0 Å². The topological polar surface area (TPSA) is 46.5 Å². The van der Waals surface area contributed by atoms with Gasteiger partial charge < -0.3 is 10.1 Å². The normalized spacial score (nSPS) is 17.2. The highest BCUT2D eigenvalue weighted by Crippen LogP contribution is 2.23. The molecule has 0 atom stereocenters. The van der Waals surface area contributed by atoms with Crippen molar-refractivity contribution in [3.05, 3.63) is 47.0 Å². The third-order valence-corrected chi connectivity index (χ3v) is 4.06. The molecule has 1 aliphatic rings. The van der Waals surface area contributed by atoms with Crippen LogP contribution in [0.1, 0.15) is 18.4 Å². The first-order chi connectivity index (χ1) is 11.1. The quantitative estimate of drug-likeness (QED) is 0.491. The fraction of sp³-hybridized carbons (Fsp3) is 0.375. The number of hydrogen-bond acceptors (Lipinski definition) is 3. The first-order valence-corrected chi connectivity index (χ1v) is 8.09. The van der Waals surface area contributed by atoms with Crippen molar-refractivity contribution in [3.63, 3.8) is 0 Å². The van der Waals surface area contributed by atoms with Gasteiger partial charge in [-0.3, -0.25) is 4.99 Å². The zero-order valence-electron chi connectivity index (χ0n) is 12.6. The van der Waals surface area contributed by atoms with Gasteiger partial charge in [0.05, 0.1) is 10.7 Å². The molecule has 4 nitrogen and oxygen atoms in total. The summed E-state index contributed by atoms with van der Waals surface area (Å²) in [6, 6.07) is 1.21. The minimum Gasteiger partial charge on any atom is -0.381 e. The lowest BCUT2D eigenvalue weighted by Crippen LogP contribution is -2.23. The van der Waals surface area contributed by atoms with Gasteiger partial charge in [-0.1, -0.05) is 29.8 Å². The van der Waals surface area contributed by atoms with Gasteiger partial charge in [-0.05, 0) is 24.8 Å². The molecule has 0 bridgehead atoms. The fourth-order valence-corrected chi connectivity index (χ4v) is 2.60. The monoisotopic (exact) mass is 357 g/mol. The smallest absolute Gasteiger partial charge is 0.213 e. The van der Waals surface area contributed by atoms with E-state index in [1.807, 2.05) is 0 Å². The number of rotatable bonds is 5. The van der Waals surface area contributed by atoms with E-state index in [2.05, 4.69) is 21.9 Å². The number of aliphatic imine (C=N–C) groups is 1. The van der Waals surface area contributed by atoms with E-state index in [4.69, 9.17) is 27.9 Å². The minimum atomic E-state index is -0.637. The van der Waals surface area contributed by atoms with Crippen LogP contribution in [0.3, 0.4) is 0 Å². The molecule has 1 aromatic heterocycles. The number of ether oxygens (including phenoxy) is 1. The minimum absolute atomic E-state index is 0.290. The molecule has 124 valence electrons. The predicted molar refractivity (Wildman–Crippen MR) is 92.2 cm³/mol. The van der Waals surface area contributed by atoms with Crippen LogP contribution in [0.5, 0.6) is 0 Å². The van der Waals surface area contributed by atoms with Crippen molar-refractivity contribution in [2.45, 2.75) is 12.8 Å².